The van der Waals surface area contributed by atoms with Crippen LogP contribution in [0.5, 0.6) is 0 Å². The zero-order chi connectivity index (χ0) is 17.5. The van der Waals surface area contributed by atoms with Gasteiger partial charge in [-0.25, -0.2) is 4.39 Å². The summed E-state index contributed by atoms with van der Waals surface area (Å²) < 4.78 is 13.8. The van der Waals surface area contributed by atoms with E-state index in [-0.39, 0.29) is 43.0 Å². The molecule has 0 radical (unpaired) electrons. The Labute approximate surface area is 154 Å². The molecule has 0 spiro atoms. The van der Waals surface area contributed by atoms with Crippen LogP contribution in [0.15, 0.2) is 24.3 Å². The Hall–Kier alpha value is -1.70. The summed E-state index contributed by atoms with van der Waals surface area (Å²) >= 11 is 0. The highest BCUT2D eigenvalue weighted by Gasteiger charge is 2.30. The molecule has 1 saturated heterocycles. The Morgan fingerprint density at radius 1 is 1.40 bits per heavy atom. The molecule has 1 aliphatic heterocycles. The first-order valence-corrected chi connectivity index (χ1v) is 8.14. The molecule has 0 aliphatic carbocycles. The smallest absolute Gasteiger partial charge is 0.240 e. The average molecular weight is 373 g/mol. The second-order valence-electron chi connectivity index (χ2n) is 6.22. The first-order valence-electron chi connectivity index (χ1n) is 8.14. The van der Waals surface area contributed by atoms with Crippen molar-refractivity contribution in [1.29, 1.82) is 0 Å². The van der Waals surface area contributed by atoms with Crippen molar-refractivity contribution in [2.75, 3.05) is 40.3 Å². The lowest BCUT2D eigenvalue weighted by molar-refractivity contribution is -0.138. The van der Waals surface area contributed by atoms with Crippen molar-refractivity contribution >= 4 is 24.2 Å². The fourth-order valence-electron chi connectivity index (χ4n) is 2.62. The van der Waals surface area contributed by atoms with Gasteiger partial charge < -0.3 is 20.4 Å². The third kappa shape index (κ3) is 6.61. The summed E-state index contributed by atoms with van der Waals surface area (Å²) in [6.45, 7) is 2.62. The molecule has 0 bridgehead atoms. The van der Waals surface area contributed by atoms with Crippen LogP contribution in [0.1, 0.15) is 12.0 Å². The minimum atomic E-state index is -0.551. The fourth-order valence-corrected chi connectivity index (χ4v) is 2.62. The Morgan fingerprint density at radius 3 is 2.80 bits per heavy atom. The maximum absolute atomic E-state index is 13.8. The summed E-state index contributed by atoms with van der Waals surface area (Å²) in [5.41, 5.74) is 0.488. The van der Waals surface area contributed by atoms with Crippen LogP contribution in [-0.4, -0.2) is 67.9 Å². The Kier molecular flexibility index (Phi) is 8.82. The third-order valence-electron chi connectivity index (χ3n) is 3.97. The Bertz CT molecular complexity index is 586. The SMILES string of the molecule is CN(C)CCNC(=O)CC1NCCN(Cc2ccccc2F)C1=O.Cl. The molecule has 1 aromatic rings. The number of carbonyl (C=O) groups is 2. The second kappa shape index (κ2) is 10.3. The van der Waals surface area contributed by atoms with Crippen LogP contribution >= 0.6 is 12.4 Å². The van der Waals surface area contributed by atoms with E-state index >= 15 is 0 Å². The normalized spacial score (nSPS) is 17.4. The summed E-state index contributed by atoms with van der Waals surface area (Å²) in [6, 6.07) is 5.88. The lowest BCUT2D eigenvalue weighted by Gasteiger charge is -2.33. The Balaban J connectivity index is 0.00000312. The van der Waals surface area contributed by atoms with E-state index in [0.717, 1.165) is 6.54 Å². The first kappa shape index (κ1) is 21.3. The van der Waals surface area contributed by atoms with Crippen molar-refractivity contribution in [1.82, 2.24) is 20.4 Å². The summed E-state index contributed by atoms with van der Waals surface area (Å²) in [5, 5.41) is 5.88. The van der Waals surface area contributed by atoms with Gasteiger partial charge in [0.1, 0.15) is 5.82 Å². The van der Waals surface area contributed by atoms with Gasteiger partial charge in [-0.3, -0.25) is 9.59 Å². The van der Waals surface area contributed by atoms with Crippen molar-refractivity contribution in [3.8, 4) is 0 Å². The van der Waals surface area contributed by atoms with Gasteiger partial charge in [0.2, 0.25) is 11.8 Å². The van der Waals surface area contributed by atoms with E-state index in [1.807, 2.05) is 19.0 Å². The van der Waals surface area contributed by atoms with E-state index < -0.39 is 6.04 Å². The van der Waals surface area contributed by atoms with Crippen LogP contribution in [0.3, 0.4) is 0 Å². The highest BCUT2D eigenvalue weighted by Crippen LogP contribution is 2.13. The standard InChI is InChI=1S/C17H25FN4O2.ClH/c1-21(2)9-7-20-16(23)11-15-17(24)22(10-8-19-15)12-13-5-3-4-6-14(13)18;/h3-6,15,19H,7-12H2,1-2H3,(H,20,23);1H. The van der Waals surface area contributed by atoms with Gasteiger partial charge in [-0.1, -0.05) is 18.2 Å². The summed E-state index contributed by atoms with van der Waals surface area (Å²) in [5.74, 6) is -0.635. The van der Waals surface area contributed by atoms with Crippen LogP contribution in [0.4, 0.5) is 4.39 Å². The van der Waals surface area contributed by atoms with Gasteiger partial charge in [0.05, 0.1) is 12.5 Å². The first-order chi connectivity index (χ1) is 11.5. The van der Waals surface area contributed by atoms with Crippen molar-refractivity contribution in [3.63, 3.8) is 0 Å². The molecule has 6 nitrogen and oxygen atoms in total. The number of piperazine rings is 1. The molecule has 0 saturated carbocycles. The minimum absolute atomic E-state index is 0. The zero-order valence-corrected chi connectivity index (χ0v) is 15.4. The van der Waals surface area contributed by atoms with E-state index in [4.69, 9.17) is 0 Å². The van der Waals surface area contributed by atoms with E-state index in [9.17, 15) is 14.0 Å². The van der Waals surface area contributed by atoms with Crippen LogP contribution < -0.4 is 10.6 Å². The van der Waals surface area contributed by atoms with Gasteiger partial charge >= 0.3 is 0 Å². The highest BCUT2D eigenvalue weighted by atomic mass is 35.5. The number of hydrogen-bond acceptors (Lipinski definition) is 4. The van der Waals surface area contributed by atoms with Crippen molar-refractivity contribution in [2.45, 2.75) is 19.0 Å². The highest BCUT2D eigenvalue weighted by molar-refractivity contribution is 5.88. The molecule has 1 aromatic carbocycles. The lowest BCUT2D eigenvalue weighted by Crippen LogP contribution is -2.56. The molecule has 2 rings (SSSR count). The predicted octanol–water partition coefficient (Wildman–Crippen LogP) is 0.616. The monoisotopic (exact) mass is 372 g/mol. The number of nitrogens with one attached hydrogen (secondary N) is 2. The largest absolute Gasteiger partial charge is 0.355 e. The Morgan fingerprint density at radius 2 is 2.12 bits per heavy atom. The maximum atomic E-state index is 13.8. The molecule has 1 atom stereocenters. The maximum Gasteiger partial charge on any atom is 0.240 e. The molecule has 0 aromatic heterocycles. The number of benzene rings is 1. The van der Waals surface area contributed by atoms with Gasteiger partial charge in [0, 0.05) is 38.3 Å². The van der Waals surface area contributed by atoms with E-state index in [1.165, 1.54) is 6.07 Å². The molecule has 1 aliphatic rings. The van der Waals surface area contributed by atoms with Crippen molar-refractivity contribution in [3.05, 3.63) is 35.6 Å². The number of amides is 2. The molecular weight excluding hydrogens is 347 g/mol. The minimum Gasteiger partial charge on any atom is -0.355 e. The summed E-state index contributed by atoms with van der Waals surface area (Å²) in [6.07, 6.45) is 0.0973. The van der Waals surface area contributed by atoms with Gasteiger partial charge in [-0.2, -0.15) is 0 Å². The summed E-state index contributed by atoms with van der Waals surface area (Å²) in [7, 11) is 3.86. The van der Waals surface area contributed by atoms with Gasteiger partial charge in [0.15, 0.2) is 0 Å². The van der Waals surface area contributed by atoms with Crippen LogP contribution in [0, 0.1) is 5.82 Å². The van der Waals surface area contributed by atoms with Gasteiger partial charge in [-0.05, 0) is 20.2 Å². The van der Waals surface area contributed by atoms with Crippen LogP contribution in [0.2, 0.25) is 0 Å². The van der Waals surface area contributed by atoms with Crippen molar-refractivity contribution < 1.29 is 14.0 Å². The molecule has 1 unspecified atom stereocenters. The molecule has 1 heterocycles. The molecule has 2 amide bonds. The quantitative estimate of drug-likeness (QED) is 0.736. The topological polar surface area (TPSA) is 64.7 Å². The number of carbonyl (C=O) groups excluding carboxylic acids is 2. The predicted molar refractivity (Wildman–Crippen MR) is 97.0 cm³/mol. The van der Waals surface area contributed by atoms with Gasteiger partial charge in [0.25, 0.3) is 0 Å². The molecule has 8 heteroatoms. The number of halogens is 2. The van der Waals surface area contributed by atoms with Crippen molar-refractivity contribution in [2.24, 2.45) is 0 Å². The van der Waals surface area contributed by atoms with Crippen LogP contribution in [-0.2, 0) is 16.1 Å². The second-order valence-corrected chi connectivity index (χ2v) is 6.22. The number of likely N-dealkylation sites (N-methyl/N-ethyl adjacent to an activating group) is 1. The summed E-state index contributed by atoms with van der Waals surface area (Å²) in [4.78, 5) is 28.0. The number of nitrogens with zero attached hydrogens (tertiary/aromatic N) is 2. The molecular formula is C17H26ClFN4O2. The lowest BCUT2D eigenvalue weighted by atomic mass is 10.1. The van der Waals surface area contributed by atoms with E-state index in [2.05, 4.69) is 10.6 Å². The van der Waals surface area contributed by atoms with E-state index in [1.54, 1.807) is 23.1 Å². The van der Waals surface area contributed by atoms with E-state index in [0.29, 0.717) is 25.2 Å². The number of hydrogen-bond donors (Lipinski definition) is 2. The fraction of sp³-hybridized carbons (Fsp3) is 0.529. The van der Waals surface area contributed by atoms with Gasteiger partial charge in [-0.15, -0.1) is 12.4 Å². The van der Waals surface area contributed by atoms with Crippen LogP contribution in [0.25, 0.3) is 0 Å². The molecule has 2 N–H and O–H groups in total. The third-order valence-corrected chi connectivity index (χ3v) is 3.97. The molecule has 140 valence electrons. The average Bonchev–Trinajstić information content (AvgIpc) is 2.53. The zero-order valence-electron chi connectivity index (χ0n) is 14.6. The molecule has 1 fully saturated rings. The number of rotatable bonds is 7. The molecule has 25 heavy (non-hydrogen) atoms.